The molecule has 0 aliphatic rings. The first kappa shape index (κ1) is 11.6. The molecule has 3 nitrogen and oxygen atoms in total. The molecule has 0 atom stereocenters. The van der Waals surface area contributed by atoms with Crippen LogP contribution in [0.5, 0.6) is 0 Å². The van der Waals surface area contributed by atoms with E-state index in [2.05, 4.69) is 16.3 Å². The van der Waals surface area contributed by atoms with E-state index in [1.165, 1.54) is 5.56 Å². The van der Waals surface area contributed by atoms with E-state index in [4.69, 9.17) is 11.6 Å². The van der Waals surface area contributed by atoms with Crippen molar-refractivity contribution in [1.82, 2.24) is 14.6 Å². The number of nitrogens with zero attached hydrogens (tertiary/aromatic N) is 3. The number of thioether (sulfide) groups is 1. The first-order chi connectivity index (χ1) is 8.83. The molecule has 0 saturated heterocycles. The highest BCUT2D eigenvalue weighted by molar-refractivity contribution is 7.98. The van der Waals surface area contributed by atoms with Crippen LogP contribution in [0, 0.1) is 0 Å². The molecule has 0 unspecified atom stereocenters. The lowest BCUT2D eigenvalue weighted by molar-refractivity contribution is 0.921. The van der Waals surface area contributed by atoms with E-state index < -0.39 is 0 Å². The van der Waals surface area contributed by atoms with Crippen LogP contribution in [0.15, 0.2) is 53.8 Å². The molecule has 0 N–H and O–H groups in total. The van der Waals surface area contributed by atoms with Crippen LogP contribution in [0.25, 0.3) is 5.65 Å². The van der Waals surface area contributed by atoms with E-state index in [1.807, 2.05) is 47.0 Å². The lowest BCUT2D eigenvalue weighted by Gasteiger charge is -2.01. The maximum Gasteiger partial charge on any atom is 0.195 e. The van der Waals surface area contributed by atoms with Gasteiger partial charge in [-0.15, -0.1) is 10.2 Å². The molecular weight excluding hydrogens is 266 g/mol. The highest BCUT2D eigenvalue weighted by Crippen LogP contribution is 2.22. The maximum absolute atomic E-state index is 5.96. The van der Waals surface area contributed by atoms with Gasteiger partial charge in [-0.3, -0.25) is 4.40 Å². The predicted molar refractivity (Wildman–Crippen MR) is 74.0 cm³/mol. The highest BCUT2D eigenvalue weighted by Gasteiger charge is 2.05. The SMILES string of the molecule is Clc1cccc(CSc2nnc3ccccn23)c1. The van der Waals surface area contributed by atoms with Crippen molar-refractivity contribution in [2.75, 3.05) is 0 Å². The fourth-order valence-corrected chi connectivity index (χ4v) is 2.77. The molecule has 0 aliphatic carbocycles. The zero-order chi connectivity index (χ0) is 12.4. The Balaban J connectivity index is 1.81. The number of aromatic nitrogens is 3. The Morgan fingerprint density at radius 1 is 1.11 bits per heavy atom. The van der Waals surface area contributed by atoms with E-state index in [-0.39, 0.29) is 0 Å². The standard InChI is InChI=1S/C13H10ClN3S/c14-11-5-3-4-10(8-11)9-18-13-16-15-12-6-1-2-7-17(12)13/h1-8H,9H2. The molecule has 0 amide bonds. The molecule has 90 valence electrons. The van der Waals surface area contributed by atoms with Crippen LogP contribution in [0.1, 0.15) is 5.56 Å². The van der Waals surface area contributed by atoms with E-state index in [0.29, 0.717) is 0 Å². The Hall–Kier alpha value is -1.52. The van der Waals surface area contributed by atoms with Gasteiger partial charge in [-0.25, -0.2) is 0 Å². The van der Waals surface area contributed by atoms with Crippen molar-refractivity contribution >= 4 is 29.0 Å². The van der Waals surface area contributed by atoms with Gasteiger partial charge in [0, 0.05) is 17.0 Å². The van der Waals surface area contributed by atoms with E-state index in [1.54, 1.807) is 11.8 Å². The Labute approximate surface area is 114 Å². The topological polar surface area (TPSA) is 30.2 Å². The van der Waals surface area contributed by atoms with Crippen molar-refractivity contribution in [2.45, 2.75) is 10.9 Å². The van der Waals surface area contributed by atoms with E-state index in [0.717, 1.165) is 21.6 Å². The molecular formula is C13H10ClN3S. The summed E-state index contributed by atoms with van der Waals surface area (Å²) in [7, 11) is 0. The van der Waals surface area contributed by atoms with Crippen LogP contribution in [0.2, 0.25) is 5.02 Å². The highest BCUT2D eigenvalue weighted by atomic mass is 35.5. The van der Waals surface area contributed by atoms with Gasteiger partial charge in [-0.2, -0.15) is 0 Å². The van der Waals surface area contributed by atoms with Crippen LogP contribution < -0.4 is 0 Å². The molecule has 0 radical (unpaired) electrons. The third-order valence-corrected chi connectivity index (χ3v) is 3.79. The normalized spacial score (nSPS) is 10.9. The second-order valence-corrected chi connectivity index (χ2v) is 5.21. The van der Waals surface area contributed by atoms with Crippen LogP contribution >= 0.6 is 23.4 Å². The zero-order valence-corrected chi connectivity index (χ0v) is 11.0. The Morgan fingerprint density at radius 3 is 2.94 bits per heavy atom. The molecule has 18 heavy (non-hydrogen) atoms. The van der Waals surface area contributed by atoms with E-state index in [9.17, 15) is 0 Å². The molecule has 0 saturated carbocycles. The first-order valence-electron chi connectivity index (χ1n) is 5.50. The van der Waals surface area contributed by atoms with Gasteiger partial charge in [0.1, 0.15) is 0 Å². The molecule has 3 rings (SSSR count). The molecule has 0 spiro atoms. The number of benzene rings is 1. The molecule has 2 heterocycles. The molecule has 0 aliphatic heterocycles. The van der Waals surface area contributed by atoms with Crippen molar-refractivity contribution < 1.29 is 0 Å². The smallest absolute Gasteiger partial charge is 0.195 e. The summed E-state index contributed by atoms with van der Waals surface area (Å²) in [6.07, 6.45) is 1.97. The number of hydrogen-bond acceptors (Lipinski definition) is 3. The third kappa shape index (κ3) is 2.35. The quantitative estimate of drug-likeness (QED) is 0.683. The lowest BCUT2D eigenvalue weighted by Crippen LogP contribution is -1.87. The minimum atomic E-state index is 0.763. The van der Waals surface area contributed by atoms with Crippen molar-refractivity contribution in [3.05, 3.63) is 59.2 Å². The van der Waals surface area contributed by atoms with Gasteiger partial charge in [0.2, 0.25) is 0 Å². The summed E-state index contributed by atoms with van der Waals surface area (Å²) in [5.74, 6) is 0.830. The van der Waals surface area contributed by atoms with Gasteiger partial charge in [0.05, 0.1) is 0 Å². The Bertz CT molecular complexity index is 681. The lowest BCUT2D eigenvalue weighted by atomic mass is 10.2. The average Bonchev–Trinajstić information content (AvgIpc) is 2.80. The second kappa shape index (κ2) is 5.00. The number of fused-ring (bicyclic) bond motifs is 1. The van der Waals surface area contributed by atoms with Crippen molar-refractivity contribution in [3.8, 4) is 0 Å². The van der Waals surface area contributed by atoms with Crippen LogP contribution in [-0.4, -0.2) is 14.6 Å². The van der Waals surface area contributed by atoms with Crippen molar-refractivity contribution in [1.29, 1.82) is 0 Å². The fourth-order valence-electron chi connectivity index (χ4n) is 1.69. The minimum Gasteiger partial charge on any atom is -0.277 e. The van der Waals surface area contributed by atoms with Gasteiger partial charge in [0.25, 0.3) is 0 Å². The van der Waals surface area contributed by atoms with Crippen LogP contribution in [0.4, 0.5) is 0 Å². The summed E-state index contributed by atoms with van der Waals surface area (Å²) >= 11 is 7.61. The van der Waals surface area contributed by atoms with Gasteiger partial charge < -0.3 is 0 Å². The largest absolute Gasteiger partial charge is 0.277 e. The monoisotopic (exact) mass is 275 g/mol. The summed E-state index contributed by atoms with van der Waals surface area (Å²) in [5.41, 5.74) is 2.05. The first-order valence-corrected chi connectivity index (χ1v) is 6.86. The molecule has 0 fully saturated rings. The molecule has 0 bridgehead atoms. The Kier molecular flexibility index (Phi) is 3.21. The number of halogens is 1. The fraction of sp³-hybridized carbons (Fsp3) is 0.0769. The number of hydrogen-bond donors (Lipinski definition) is 0. The summed E-state index contributed by atoms with van der Waals surface area (Å²) in [6, 6.07) is 13.7. The minimum absolute atomic E-state index is 0.763. The van der Waals surface area contributed by atoms with Crippen molar-refractivity contribution in [2.24, 2.45) is 0 Å². The van der Waals surface area contributed by atoms with Gasteiger partial charge in [-0.05, 0) is 29.8 Å². The summed E-state index contributed by atoms with van der Waals surface area (Å²) < 4.78 is 1.98. The predicted octanol–water partition coefficient (Wildman–Crippen LogP) is 3.68. The van der Waals surface area contributed by atoms with Gasteiger partial charge in [0.15, 0.2) is 10.8 Å². The van der Waals surface area contributed by atoms with Crippen LogP contribution in [0.3, 0.4) is 0 Å². The number of rotatable bonds is 3. The van der Waals surface area contributed by atoms with Crippen molar-refractivity contribution in [3.63, 3.8) is 0 Å². The van der Waals surface area contributed by atoms with Gasteiger partial charge >= 0.3 is 0 Å². The Morgan fingerprint density at radius 2 is 2.06 bits per heavy atom. The summed E-state index contributed by atoms with van der Waals surface area (Å²) in [5, 5.41) is 9.95. The zero-order valence-electron chi connectivity index (χ0n) is 9.45. The van der Waals surface area contributed by atoms with Gasteiger partial charge in [-0.1, -0.05) is 41.6 Å². The summed E-state index contributed by atoms with van der Waals surface area (Å²) in [4.78, 5) is 0. The molecule has 2 aromatic heterocycles. The number of pyridine rings is 1. The van der Waals surface area contributed by atoms with Crippen LogP contribution in [-0.2, 0) is 5.75 Å². The molecule has 3 aromatic rings. The molecule has 5 heteroatoms. The summed E-state index contributed by atoms with van der Waals surface area (Å²) in [6.45, 7) is 0. The molecule has 1 aromatic carbocycles. The average molecular weight is 276 g/mol. The third-order valence-electron chi connectivity index (χ3n) is 2.54. The maximum atomic E-state index is 5.96. The van der Waals surface area contributed by atoms with E-state index >= 15 is 0 Å². The second-order valence-electron chi connectivity index (χ2n) is 3.83.